The lowest BCUT2D eigenvalue weighted by Gasteiger charge is -2.47. The fourth-order valence-electron chi connectivity index (χ4n) is 5.60. The van der Waals surface area contributed by atoms with E-state index in [2.05, 4.69) is 18.8 Å². The number of benzene rings is 1. The molecule has 2 aromatic heterocycles. The summed E-state index contributed by atoms with van der Waals surface area (Å²) in [4.78, 5) is 33.8. The summed E-state index contributed by atoms with van der Waals surface area (Å²) in [5, 5.41) is 22.3. The molecule has 2 aliphatic rings. The minimum absolute atomic E-state index is 0.0563. The molecule has 1 aliphatic heterocycles. The molecule has 40 heavy (non-hydrogen) atoms. The molecule has 0 saturated heterocycles. The third-order valence-corrected chi connectivity index (χ3v) is 9.58. The molecular weight excluding hydrogens is 530 g/mol. The smallest absolute Gasteiger partial charge is 0.329 e. The predicted molar refractivity (Wildman–Crippen MR) is 152 cm³/mol. The van der Waals surface area contributed by atoms with E-state index in [1.807, 2.05) is 30.3 Å². The molecule has 5 rings (SSSR count). The van der Waals surface area contributed by atoms with Gasteiger partial charge in [-0.1, -0.05) is 44.2 Å². The largest absolute Gasteiger partial charge is 0.480 e. The number of aliphatic hydroxyl groups is 1. The third-order valence-electron chi connectivity index (χ3n) is 8.26. The Hall–Kier alpha value is -3.21. The van der Waals surface area contributed by atoms with E-state index < -0.39 is 29.9 Å². The van der Waals surface area contributed by atoms with Crippen LogP contribution in [0.5, 0.6) is 0 Å². The second kappa shape index (κ2) is 10.6. The maximum absolute atomic E-state index is 13.9. The first kappa shape index (κ1) is 28.3. The average molecular weight is 568 g/mol. The Balaban J connectivity index is 1.57. The van der Waals surface area contributed by atoms with Crippen molar-refractivity contribution in [2.75, 3.05) is 11.4 Å². The number of rotatable bonds is 8. The Morgan fingerprint density at radius 3 is 2.52 bits per heavy atom. The van der Waals surface area contributed by atoms with E-state index in [9.17, 15) is 19.8 Å². The number of oxazole rings is 1. The zero-order valence-corrected chi connectivity index (χ0v) is 24.4. The molecule has 2 unspecified atom stereocenters. The SMILES string of the molecule is Cc1c(-c2ncco2)sc2c1C(=O)N(C(C)(C)C(=O)O)C(O)N2CC(OC1CCC(C)(C)CC1)c1ccccc1. The number of fused-ring (bicyclic) bond motifs is 1. The van der Waals surface area contributed by atoms with Crippen LogP contribution in [0.25, 0.3) is 10.8 Å². The molecule has 1 amide bonds. The van der Waals surface area contributed by atoms with Crippen LogP contribution in [0.4, 0.5) is 5.00 Å². The highest BCUT2D eigenvalue weighted by molar-refractivity contribution is 7.20. The Kier molecular flexibility index (Phi) is 7.54. The van der Waals surface area contributed by atoms with Gasteiger partial charge in [-0.25, -0.2) is 9.78 Å². The van der Waals surface area contributed by atoms with E-state index in [0.29, 0.717) is 26.9 Å². The Morgan fingerprint density at radius 2 is 1.93 bits per heavy atom. The van der Waals surface area contributed by atoms with Crippen molar-refractivity contribution < 1.29 is 29.0 Å². The van der Waals surface area contributed by atoms with Gasteiger partial charge in [0.25, 0.3) is 5.91 Å². The van der Waals surface area contributed by atoms with E-state index >= 15 is 0 Å². The van der Waals surface area contributed by atoms with Crippen molar-refractivity contribution in [2.24, 2.45) is 5.41 Å². The number of hydrogen-bond donors (Lipinski definition) is 2. The first-order valence-corrected chi connectivity index (χ1v) is 14.5. The predicted octanol–water partition coefficient (Wildman–Crippen LogP) is 5.84. The number of anilines is 1. The summed E-state index contributed by atoms with van der Waals surface area (Å²) in [5.74, 6) is -1.40. The standard InChI is InChI=1S/C30H37N3O6S/c1-18-22-25(34)33(30(4,5)27(35)36)28(37)32(26(22)40-23(18)24-31-15-16-38-24)17-21(19-9-7-6-8-10-19)39-20-11-13-29(2,3)14-12-20/h6-10,15-16,20-21,28,37H,11-14,17H2,1-5H3,(H,35,36). The van der Waals surface area contributed by atoms with Gasteiger partial charge in [-0.05, 0) is 63.0 Å². The molecule has 214 valence electrons. The molecule has 0 spiro atoms. The van der Waals surface area contributed by atoms with Gasteiger partial charge in [0.1, 0.15) is 22.9 Å². The monoisotopic (exact) mass is 567 g/mol. The van der Waals surface area contributed by atoms with Gasteiger partial charge >= 0.3 is 5.97 Å². The van der Waals surface area contributed by atoms with Crippen molar-refractivity contribution in [3.8, 4) is 10.8 Å². The zero-order valence-electron chi connectivity index (χ0n) is 23.6. The van der Waals surface area contributed by atoms with E-state index in [-0.39, 0.29) is 18.1 Å². The summed E-state index contributed by atoms with van der Waals surface area (Å²) in [6, 6.07) is 9.84. The van der Waals surface area contributed by atoms with Crippen LogP contribution in [0.1, 0.15) is 81.0 Å². The lowest BCUT2D eigenvalue weighted by Crippen LogP contribution is -2.65. The number of carboxylic acid groups (broad SMARTS) is 1. The van der Waals surface area contributed by atoms with Gasteiger partial charge < -0.3 is 24.3 Å². The summed E-state index contributed by atoms with van der Waals surface area (Å²) in [6.45, 7) is 9.41. The maximum atomic E-state index is 13.9. The minimum atomic E-state index is -1.68. The number of aliphatic hydroxyl groups excluding tert-OH is 1. The number of amides is 1. The van der Waals surface area contributed by atoms with Gasteiger partial charge in [0.05, 0.1) is 29.3 Å². The lowest BCUT2D eigenvalue weighted by atomic mass is 9.76. The highest BCUT2D eigenvalue weighted by Gasteiger charge is 2.50. The molecule has 1 saturated carbocycles. The van der Waals surface area contributed by atoms with Gasteiger partial charge in [0.2, 0.25) is 12.2 Å². The molecule has 3 heterocycles. The minimum Gasteiger partial charge on any atom is -0.480 e. The molecule has 1 aliphatic carbocycles. The summed E-state index contributed by atoms with van der Waals surface area (Å²) in [5.41, 5.74) is 0.519. The molecule has 3 aromatic rings. The lowest BCUT2D eigenvalue weighted by molar-refractivity contribution is -0.154. The molecule has 10 heteroatoms. The van der Waals surface area contributed by atoms with Crippen molar-refractivity contribution >= 4 is 28.2 Å². The zero-order chi connectivity index (χ0) is 28.8. The highest BCUT2D eigenvalue weighted by atomic mass is 32.1. The number of thiophene rings is 1. The Labute approximate surface area is 238 Å². The third kappa shape index (κ3) is 5.15. The number of carboxylic acids is 1. The quantitative estimate of drug-likeness (QED) is 0.349. The van der Waals surface area contributed by atoms with Crippen molar-refractivity contribution in [1.82, 2.24) is 9.88 Å². The first-order chi connectivity index (χ1) is 18.9. The van der Waals surface area contributed by atoms with Crippen LogP contribution in [-0.4, -0.2) is 56.5 Å². The fourth-order valence-corrected chi connectivity index (χ4v) is 6.86. The Morgan fingerprint density at radius 1 is 1.25 bits per heavy atom. The number of hydrogen-bond acceptors (Lipinski definition) is 8. The van der Waals surface area contributed by atoms with Crippen molar-refractivity contribution in [3.63, 3.8) is 0 Å². The van der Waals surface area contributed by atoms with Gasteiger partial charge in [-0.2, -0.15) is 0 Å². The van der Waals surface area contributed by atoms with Crippen LogP contribution in [0.2, 0.25) is 0 Å². The molecular formula is C30H37N3O6S. The van der Waals surface area contributed by atoms with Gasteiger partial charge in [-0.3, -0.25) is 9.69 Å². The fraction of sp³-hybridized carbons (Fsp3) is 0.500. The Bertz CT molecular complexity index is 1360. The molecule has 9 nitrogen and oxygen atoms in total. The topological polar surface area (TPSA) is 116 Å². The molecule has 2 atom stereocenters. The average Bonchev–Trinajstić information content (AvgIpc) is 3.55. The van der Waals surface area contributed by atoms with E-state index in [1.165, 1.54) is 37.6 Å². The summed E-state index contributed by atoms with van der Waals surface area (Å²) >= 11 is 1.30. The van der Waals surface area contributed by atoms with E-state index in [4.69, 9.17) is 9.15 Å². The number of carbonyl (C=O) groups is 2. The van der Waals surface area contributed by atoms with Gasteiger partial charge in [-0.15, -0.1) is 11.3 Å². The normalized spacial score (nSPS) is 20.4. The summed E-state index contributed by atoms with van der Waals surface area (Å²) in [6.07, 6.45) is 5.11. The summed E-state index contributed by atoms with van der Waals surface area (Å²) < 4.78 is 12.3. The van der Waals surface area contributed by atoms with Crippen molar-refractivity contribution in [1.29, 1.82) is 0 Å². The first-order valence-electron chi connectivity index (χ1n) is 13.7. The van der Waals surface area contributed by atoms with E-state index in [1.54, 1.807) is 11.8 Å². The van der Waals surface area contributed by atoms with Crippen LogP contribution in [0.15, 0.2) is 47.2 Å². The number of carbonyl (C=O) groups excluding carboxylic acids is 1. The molecule has 1 aromatic carbocycles. The molecule has 1 fully saturated rings. The van der Waals surface area contributed by atoms with Crippen LogP contribution in [-0.2, 0) is 9.53 Å². The summed E-state index contributed by atoms with van der Waals surface area (Å²) in [7, 11) is 0. The van der Waals surface area contributed by atoms with Crippen LogP contribution in [0, 0.1) is 12.3 Å². The number of ether oxygens (including phenoxy) is 1. The number of aromatic nitrogens is 1. The van der Waals surface area contributed by atoms with Crippen LogP contribution < -0.4 is 4.90 Å². The highest BCUT2D eigenvalue weighted by Crippen LogP contribution is 2.47. The van der Waals surface area contributed by atoms with Crippen molar-refractivity contribution in [3.05, 3.63) is 59.5 Å². The van der Waals surface area contributed by atoms with Gasteiger partial charge in [0, 0.05) is 0 Å². The second-order valence-electron chi connectivity index (χ2n) is 12.0. The second-order valence-corrected chi connectivity index (χ2v) is 13.0. The van der Waals surface area contributed by atoms with Crippen LogP contribution in [0.3, 0.4) is 0 Å². The molecule has 0 bridgehead atoms. The maximum Gasteiger partial charge on any atom is 0.329 e. The number of aliphatic carboxylic acids is 1. The number of nitrogens with zero attached hydrogens (tertiary/aromatic N) is 3. The van der Waals surface area contributed by atoms with Gasteiger partial charge in [0.15, 0.2) is 0 Å². The molecule has 2 N–H and O–H groups in total. The molecule has 0 radical (unpaired) electrons. The van der Waals surface area contributed by atoms with Crippen LogP contribution >= 0.6 is 11.3 Å². The van der Waals surface area contributed by atoms with Crippen molar-refractivity contribution in [2.45, 2.75) is 84.4 Å². The van der Waals surface area contributed by atoms with E-state index in [0.717, 1.165) is 36.1 Å².